The monoisotopic (exact) mass is 158 g/mol. The van der Waals surface area contributed by atoms with Gasteiger partial charge in [-0.2, -0.15) is 0 Å². The average Bonchev–Trinajstić information content (AvgIpc) is 2.07. The van der Waals surface area contributed by atoms with Gasteiger partial charge in [-0.3, -0.25) is 4.79 Å². The molecule has 1 amide bonds. The van der Waals surface area contributed by atoms with E-state index in [1.807, 2.05) is 14.0 Å². The van der Waals surface area contributed by atoms with Gasteiger partial charge < -0.3 is 10.2 Å². The number of amides is 1. The number of nitrogens with one attached hydrogen (secondary N) is 1. The van der Waals surface area contributed by atoms with Gasteiger partial charge in [0.1, 0.15) is 0 Å². The van der Waals surface area contributed by atoms with E-state index in [2.05, 4.69) is 12.2 Å². The lowest BCUT2D eigenvalue weighted by Crippen LogP contribution is -2.38. The highest BCUT2D eigenvalue weighted by Crippen LogP contribution is 1.92. The molecule has 0 aromatic carbocycles. The maximum atomic E-state index is 10.4. The Morgan fingerprint density at radius 1 is 1.55 bits per heavy atom. The van der Waals surface area contributed by atoms with Gasteiger partial charge in [-0.15, -0.1) is 0 Å². The van der Waals surface area contributed by atoms with Gasteiger partial charge in [0.15, 0.2) is 0 Å². The summed E-state index contributed by atoms with van der Waals surface area (Å²) in [5.41, 5.74) is 0. The lowest BCUT2D eigenvalue weighted by atomic mass is 10.2. The second kappa shape index (κ2) is 6.16. The average molecular weight is 158 g/mol. The van der Waals surface area contributed by atoms with Crippen molar-refractivity contribution in [3.8, 4) is 0 Å². The van der Waals surface area contributed by atoms with Crippen LogP contribution in [0, 0.1) is 0 Å². The normalized spacial score (nSPS) is 12.6. The molecule has 0 radical (unpaired) electrons. The molecule has 11 heavy (non-hydrogen) atoms. The van der Waals surface area contributed by atoms with Crippen molar-refractivity contribution >= 4 is 6.41 Å². The molecule has 0 heterocycles. The Hall–Kier alpha value is -0.570. The van der Waals surface area contributed by atoms with Crippen molar-refractivity contribution in [2.45, 2.75) is 26.3 Å². The fraction of sp³-hybridized carbons (Fsp3) is 0.875. The molecule has 0 spiro atoms. The summed E-state index contributed by atoms with van der Waals surface area (Å²) in [7, 11) is 1.92. The second-order valence-corrected chi connectivity index (χ2v) is 2.59. The van der Waals surface area contributed by atoms with Crippen molar-refractivity contribution in [1.82, 2.24) is 10.2 Å². The molecular weight excluding hydrogens is 140 g/mol. The van der Waals surface area contributed by atoms with E-state index in [1.54, 1.807) is 4.90 Å². The van der Waals surface area contributed by atoms with Crippen LogP contribution in [0.5, 0.6) is 0 Å². The Labute approximate surface area is 68.8 Å². The first kappa shape index (κ1) is 10.4. The van der Waals surface area contributed by atoms with Crippen molar-refractivity contribution in [2.24, 2.45) is 0 Å². The summed E-state index contributed by atoms with van der Waals surface area (Å²) in [5.74, 6) is 0. The predicted molar refractivity (Wildman–Crippen MR) is 46.4 cm³/mol. The zero-order chi connectivity index (χ0) is 8.69. The Bertz CT molecular complexity index is 102. The molecule has 0 saturated heterocycles. The lowest BCUT2D eigenvalue weighted by molar-refractivity contribution is -0.118. The number of likely N-dealkylation sites (N-methyl/N-ethyl adjacent to an activating group) is 2. The fourth-order valence-electron chi connectivity index (χ4n) is 0.954. The van der Waals surface area contributed by atoms with Crippen LogP contribution in [0.15, 0.2) is 0 Å². The molecule has 0 fully saturated rings. The number of nitrogens with zero attached hydrogens (tertiary/aromatic N) is 1. The number of carbonyl (C=O) groups is 1. The van der Waals surface area contributed by atoms with Gasteiger partial charge in [0.2, 0.25) is 6.41 Å². The smallest absolute Gasteiger partial charge is 0.209 e. The first-order valence-corrected chi connectivity index (χ1v) is 4.15. The van der Waals surface area contributed by atoms with Crippen LogP contribution in [-0.2, 0) is 4.79 Å². The van der Waals surface area contributed by atoms with Crippen LogP contribution in [0.1, 0.15) is 20.3 Å². The SMILES string of the molecule is CCC(CN(C=O)CC)NC. The van der Waals surface area contributed by atoms with E-state index in [0.29, 0.717) is 6.04 Å². The number of rotatable bonds is 6. The molecule has 0 aromatic heterocycles. The number of hydrogen-bond donors (Lipinski definition) is 1. The Morgan fingerprint density at radius 3 is 2.45 bits per heavy atom. The third-order valence-electron chi connectivity index (χ3n) is 1.91. The van der Waals surface area contributed by atoms with Gasteiger partial charge >= 0.3 is 0 Å². The molecule has 0 rings (SSSR count). The molecule has 1 N–H and O–H groups in total. The minimum atomic E-state index is 0.431. The highest BCUT2D eigenvalue weighted by molar-refractivity contribution is 5.46. The van der Waals surface area contributed by atoms with Crippen molar-refractivity contribution in [3.63, 3.8) is 0 Å². The Balaban J connectivity index is 3.67. The Morgan fingerprint density at radius 2 is 2.18 bits per heavy atom. The van der Waals surface area contributed by atoms with E-state index >= 15 is 0 Å². The molecule has 66 valence electrons. The Kier molecular flexibility index (Phi) is 5.84. The maximum absolute atomic E-state index is 10.4. The van der Waals surface area contributed by atoms with Crippen LogP contribution < -0.4 is 5.32 Å². The lowest BCUT2D eigenvalue weighted by Gasteiger charge is -2.21. The summed E-state index contributed by atoms with van der Waals surface area (Å²) < 4.78 is 0. The van der Waals surface area contributed by atoms with Crippen molar-refractivity contribution in [3.05, 3.63) is 0 Å². The highest BCUT2D eigenvalue weighted by atomic mass is 16.1. The summed E-state index contributed by atoms with van der Waals surface area (Å²) in [6, 6.07) is 0.431. The largest absolute Gasteiger partial charge is 0.344 e. The minimum absolute atomic E-state index is 0.431. The fourth-order valence-corrected chi connectivity index (χ4v) is 0.954. The third-order valence-corrected chi connectivity index (χ3v) is 1.91. The van der Waals surface area contributed by atoms with E-state index in [4.69, 9.17) is 0 Å². The van der Waals surface area contributed by atoms with Crippen LogP contribution >= 0.6 is 0 Å². The zero-order valence-corrected chi connectivity index (χ0v) is 7.63. The van der Waals surface area contributed by atoms with Crippen molar-refractivity contribution in [1.29, 1.82) is 0 Å². The minimum Gasteiger partial charge on any atom is -0.344 e. The van der Waals surface area contributed by atoms with Gasteiger partial charge in [0, 0.05) is 19.1 Å². The third kappa shape index (κ3) is 3.98. The van der Waals surface area contributed by atoms with Crippen LogP contribution in [0.4, 0.5) is 0 Å². The molecule has 0 saturated carbocycles. The van der Waals surface area contributed by atoms with Crippen molar-refractivity contribution < 1.29 is 4.79 Å². The second-order valence-electron chi connectivity index (χ2n) is 2.59. The van der Waals surface area contributed by atoms with E-state index in [0.717, 1.165) is 25.9 Å². The van der Waals surface area contributed by atoms with E-state index < -0.39 is 0 Å². The van der Waals surface area contributed by atoms with E-state index in [-0.39, 0.29) is 0 Å². The summed E-state index contributed by atoms with van der Waals surface area (Å²) in [4.78, 5) is 12.2. The summed E-state index contributed by atoms with van der Waals surface area (Å²) in [6.45, 7) is 5.70. The van der Waals surface area contributed by atoms with Gasteiger partial charge in [0.25, 0.3) is 0 Å². The van der Waals surface area contributed by atoms with Gasteiger partial charge in [0.05, 0.1) is 0 Å². The van der Waals surface area contributed by atoms with Gasteiger partial charge in [-0.25, -0.2) is 0 Å². The highest BCUT2D eigenvalue weighted by Gasteiger charge is 2.06. The molecule has 1 unspecified atom stereocenters. The first-order chi connectivity index (χ1) is 5.28. The summed E-state index contributed by atoms with van der Waals surface area (Å²) >= 11 is 0. The topological polar surface area (TPSA) is 32.3 Å². The van der Waals surface area contributed by atoms with E-state index in [9.17, 15) is 4.79 Å². The molecule has 1 atom stereocenters. The molecular formula is C8H18N2O. The first-order valence-electron chi connectivity index (χ1n) is 4.15. The van der Waals surface area contributed by atoms with E-state index in [1.165, 1.54) is 0 Å². The van der Waals surface area contributed by atoms with Crippen LogP contribution in [0.3, 0.4) is 0 Å². The van der Waals surface area contributed by atoms with Crippen LogP contribution in [0.2, 0.25) is 0 Å². The quantitative estimate of drug-likeness (QED) is 0.570. The molecule has 0 aromatic rings. The van der Waals surface area contributed by atoms with Crippen LogP contribution in [0.25, 0.3) is 0 Å². The molecule has 3 nitrogen and oxygen atoms in total. The molecule has 0 aliphatic rings. The number of carbonyl (C=O) groups excluding carboxylic acids is 1. The van der Waals surface area contributed by atoms with Crippen molar-refractivity contribution in [2.75, 3.05) is 20.1 Å². The standard InChI is InChI=1S/C8H18N2O/c1-4-8(9-3)6-10(5-2)7-11/h7-9H,4-6H2,1-3H3. The summed E-state index contributed by atoms with van der Waals surface area (Å²) in [6.07, 6.45) is 1.96. The molecule has 0 aliphatic carbocycles. The maximum Gasteiger partial charge on any atom is 0.209 e. The zero-order valence-electron chi connectivity index (χ0n) is 7.63. The predicted octanol–water partition coefficient (Wildman–Crippen LogP) is 0.463. The molecule has 0 bridgehead atoms. The number of hydrogen-bond acceptors (Lipinski definition) is 2. The van der Waals surface area contributed by atoms with Gasteiger partial charge in [-0.1, -0.05) is 6.92 Å². The molecule has 0 aliphatic heterocycles. The molecule has 3 heteroatoms. The summed E-state index contributed by atoms with van der Waals surface area (Å²) in [5, 5.41) is 3.15. The van der Waals surface area contributed by atoms with Gasteiger partial charge in [-0.05, 0) is 20.4 Å². The van der Waals surface area contributed by atoms with Crippen LogP contribution in [-0.4, -0.2) is 37.5 Å².